The minimum Gasteiger partial charge on any atom is -0.338 e. The van der Waals surface area contributed by atoms with Gasteiger partial charge in [-0.15, -0.1) is 0 Å². The van der Waals surface area contributed by atoms with Gasteiger partial charge in [-0.2, -0.15) is 4.98 Å². The number of hydrogen-bond acceptors (Lipinski definition) is 4. The van der Waals surface area contributed by atoms with Crippen molar-refractivity contribution in [2.45, 2.75) is 13.3 Å². The zero-order valence-electron chi connectivity index (χ0n) is 9.20. The summed E-state index contributed by atoms with van der Waals surface area (Å²) >= 11 is 11.8. The molecule has 0 bridgehead atoms. The predicted molar refractivity (Wildman–Crippen MR) is 68.5 cm³/mol. The minimum atomic E-state index is 0.401. The van der Waals surface area contributed by atoms with Gasteiger partial charge in [-0.05, 0) is 24.6 Å². The highest BCUT2D eigenvalue weighted by atomic mass is 35.5. The molecular weight excluding hydrogens is 261 g/mol. The molecule has 0 radical (unpaired) electrons. The highest BCUT2D eigenvalue weighted by Gasteiger charge is 2.09. The number of halogens is 2. The van der Waals surface area contributed by atoms with Crippen LogP contribution in [0, 0.1) is 0 Å². The summed E-state index contributed by atoms with van der Waals surface area (Å²) in [4.78, 5) is 4.19. The molecule has 2 rings (SSSR count). The van der Waals surface area contributed by atoms with E-state index in [4.69, 9.17) is 27.7 Å². The van der Waals surface area contributed by atoms with Crippen molar-refractivity contribution < 1.29 is 4.52 Å². The number of anilines is 1. The normalized spacial score (nSPS) is 10.5. The first-order valence-electron chi connectivity index (χ1n) is 5.23. The lowest BCUT2D eigenvalue weighted by atomic mass is 10.2. The Morgan fingerprint density at radius 2 is 1.94 bits per heavy atom. The molecule has 17 heavy (non-hydrogen) atoms. The zero-order valence-corrected chi connectivity index (χ0v) is 10.7. The highest BCUT2D eigenvalue weighted by Crippen LogP contribution is 2.25. The lowest BCUT2D eigenvalue weighted by Crippen LogP contribution is -1.99. The average molecular weight is 272 g/mol. The van der Waals surface area contributed by atoms with E-state index in [1.54, 1.807) is 18.2 Å². The average Bonchev–Trinajstić information content (AvgIpc) is 2.73. The van der Waals surface area contributed by atoms with Gasteiger partial charge in [-0.3, -0.25) is 0 Å². The van der Waals surface area contributed by atoms with E-state index in [0.29, 0.717) is 21.9 Å². The van der Waals surface area contributed by atoms with E-state index in [-0.39, 0.29) is 0 Å². The van der Waals surface area contributed by atoms with Crippen LogP contribution in [0.5, 0.6) is 0 Å². The van der Waals surface area contributed by atoms with Crippen LogP contribution in [0.3, 0.4) is 0 Å². The van der Waals surface area contributed by atoms with Crippen LogP contribution in [0.15, 0.2) is 22.7 Å². The third-order valence-electron chi connectivity index (χ3n) is 2.07. The third-order valence-corrected chi connectivity index (χ3v) is 2.51. The molecule has 0 fully saturated rings. The Hall–Kier alpha value is -1.26. The molecule has 0 saturated heterocycles. The predicted octanol–water partition coefficient (Wildman–Crippen LogP) is 3.87. The number of aromatic nitrogens is 2. The first-order valence-corrected chi connectivity index (χ1v) is 5.98. The van der Waals surface area contributed by atoms with Crippen LogP contribution >= 0.6 is 23.2 Å². The first kappa shape index (κ1) is 12.2. The summed E-state index contributed by atoms with van der Waals surface area (Å²) in [5.74, 6) is 0.466. The van der Waals surface area contributed by atoms with Crippen molar-refractivity contribution in [1.29, 1.82) is 0 Å². The van der Waals surface area contributed by atoms with Crippen molar-refractivity contribution in [3.8, 4) is 11.4 Å². The van der Waals surface area contributed by atoms with E-state index >= 15 is 0 Å². The topological polar surface area (TPSA) is 51.0 Å². The summed E-state index contributed by atoms with van der Waals surface area (Å²) in [5, 5.41) is 7.95. The summed E-state index contributed by atoms with van der Waals surface area (Å²) in [6.45, 7) is 2.85. The first-order chi connectivity index (χ1) is 8.19. The molecule has 0 amide bonds. The highest BCUT2D eigenvalue weighted by molar-refractivity contribution is 6.35. The van der Waals surface area contributed by atoms with E-state index in [9.17, 15) is 0 Å². The van der Waals surface area contributed by atoms with Crippen molar-refractivity contribution in [2.75, 3.05) is 11.9 Å². The van der Waals surface area contributed by atoms with E-state index in [0.717, 1.165) is 18.5 Å². The van der Waals surface area contributed by atoms with Gasteiger partial charge in [0.15, 0.2) is 0 Å². The van der Waals surface area contributed by atoms with Crippen molar-refractivity contribution in [1.82, 2.24) is 10.1 Å². The molecule has 0 spiro atoms. The molecule has 0 atom stereocenters. The summed E-state index contributed by atoms with van der Waals surface area (Å²) in [6.07, 6.45) is 0.987. The monoisotopic (exact) mass is 271 g/mol. The van der Waals surface area contributed by atoms with Crippen molar-refractivity contribution in [2.24, 2.45) is 0 Å². The fourth-order valence-electron chi connectivity index (χ4n) is 1.33. The molecule has 0 aliphatic heterocycles. The maximum atomic E-state index is 5.90. The maximum Gasteiger partial charge on any atom is 0.321 e. The second-order valence-corrected chi connectivity index (χ2v) is 4.38. The van der Waals surface area contributed by atoms with Crippen LogP contribution in [0.25, 0.3) is 11.4 Å². The molecule has 1 N–H and O–H groups in total. The number of benzene rings is 1. The molecule has 4 nitrogen and oxygen atoms in total. The Balaban J connectivity index is 2.24. The number of rotatable bonds is 4. The molecule has 1 heterocycles. The molecule has 6 heteroatoms. The smallest absolute Gasteiger partial charge is 0.321 e. The van der Waals surface area contributed by atoms with E-state index in [1.807, 2.05) is 0 Å². The largest absolute Gasteiger partial charge is 0.338 e. The Morgan fingerprint density at radius 3 is 2.59 bits per heavy atom. The number of nitrogens with one attached hydrogen (secondary N) is 1. The molecule has 90 valence electrons. The van der Waals surface area contributed by atoms with Gasteiger partial charge in [0.25, 0.3) is 0 Å². The quantitative estimate of drug-likeness (QED) is 0.918. The third kappa shape index (κ3) is 3.11. The maximum absolute atomic E-state index is 5.90. The molecule has 0 aliphatic rings. The van der Waals surface area contributed by atoms with Crippen LogP contribution < -0.4 is 5.32 Å². The standard InChI is InChI=1S/C11H11Cl2N3O/c1-2-3-14-11-15-10(16-17-11)7-4-8(12)6-9(13)5-7/h4-6H,2-3H2,1H3,(H,14,15,16). The van der Waals surface area contributed by atoms with Crippen molar-refractivity contribution in [3.05, 3.63) is 28.2 Å². The van der Waals surface area contributed by atoms with Gasteiger partial charge in [-0.25, -0.2) is 0 Å². The minimum absolute atomic E-state index is 0.401. The molecule has 1 aromatic heterocycles. The number of nitrogens with zero attached hydrogens (tertiary/aromatic N) is 2. The molecule has 0 aliphatic carbocycles. The second-order valence-electron chi connectivity index (χ2n) is 3.51. The van der Waals surface area contributed by atoms with Gasteiger partial charge in [0, 0.05) is 22.2 Å². The van der Waals surface area contributed by atoms with E-state index in [2.05, 4.69) is 22.4 Å². The SMILES string of the molecule is CCCNc1nc(-c2cc(Cl)cc(Cl)c2)no1. The molecule has 2 aromatic rings. The van der Waals surface area contributed by atoms with Crippen LogP contribution in [0.2, 0.25) is 10.0 Å². The van der Waals surface area contributed by atoms with Crippen LogP contribution in [-0.2, 0) is 0 Å². The van der Waals surface area contributed by atoms with Gasteiger partial charge in [-0.1, -0.05) is 35.3 Å². The molecule has 0 unspecified atom stereocenters. The fourth-order valence-corrected chi connectivity index (χ4v) is 1.85. The molecule has 0 saturated carbocycles. The molecule has 1 aromatic carbocycles. The van der Waals surface area contributed by atoms with Gasteiger partial charge in [0.2, 0.25) is 5.82 Å². The van der Waals surface area contributed by atoms with E-state index < -0.39 is 0 Å². The lowest BCUT2D eigenvalue weighted by Gasteiger charge is -1.97. The van der Waals surface area contributed by atoms with E-state index in [1.165, 1.54) is 0 Å². The summed E-state index contributed by atoms with van der Waals surface area (Å²) in [5.41, 5.74) is 0.732. The number of hydrogen-bond donors (Lipinski definition) is 1. The van der Waals surface area contributed by atoms with Gasteiger partial charge in [0.05, 0.1) is 0 Å². The van der Waals surface area contributed by atoms with Crippen LogP contribution in [-0.4, -0.2) is 16.7 Å². The van der Waals surface area contributed by atoms with Crippen LogP contribution in [0.4, 0.5) is 6.01 Å². The van der Waals surface area contributed by atoms with Crippen LogP contribution in [0.1, 0.15) is 13.3 Å². The van der Waals surface area contributed by atoms with Gasteiger partial charge >= 0.3 is 6.01 Å². The lowest BCUT2D eigenvalue weighted by molar-refractivity contribution is 0.432. The zero-order chi connectivity index (χ0) is 12.3. The second kappa shape index (κ2) is 5.38. The summed E-state index contributed by atoms with van der Waals surface area (Å²) in [7, 11) is 0. The Bertz CT molecular complexity index is 493. The van der Waals surface area contributed by atoms with Crippen molar-refractivity contribution >= 4 is 29.2 Å². The summed E-state index contributed by atoms with van der Waals surface area (Å²) < 4.78 is 5.04. The Kier molecular flexibility index (Phi) is 3.86. The Morgan fingerprint density at radius 1 is 1.24 bits per heavy atom. The summed E-state index contributed by atoms with van der Waals surface area (Å²) in [6, 6.07) is 5.53. The van der Waals surface area contributed by atoms with Gasteiger partial charge in [0.1, 0.15) is 0 Å². The van der Waals surface area contributed by atoms with Crippen molar-refractivity contribution in [3.63, 3.8) is 0 Å². The Labute approximate surface area is 109 Å². The fraction of sp³-hybridized carbons (Fsp3) is 0.273. The molecular formula is C11H11Cl2N3O. The van der Waals surface area contributed by atoms with Gasteiger partial charge < -0.3 is 9.84 Å².